The first-order chi connectivity index (χ1) is 19.7. The largest absolute Gasteiger partial charge is 0.497 e. The number of aromatic nitrogens is 3. The number of methoxy groups -OCH3 is 2. The Bertz CT molecular complexity index is 1830. The number of rotatable bonds is 10. The van der Waals surface area contributed by atoms with E-state index in [0.29, 0.717) is 38.7 Å². The predicted octanol–water partition coefficient (Wildman–Crippen LogP) is 4.19. The Morgan fingerprint density at radius 2 is 1.88 bits per heavy atom. The third-order valence-electron chi connectivity index (χ3n) is 6.61. The van der Waals surface area contributed by atoms with Crippen LogP contribution in [0.25, 0.3) is 16.6 Å². The molecule has 5 rings (SSSR count). The number of hydrogen-bond donors (Lipinski definition) is 2. The molecule has 0 bridgehead atoms. The molecular formula is C29H26ClN5O5S. The van der Waals surface area contributed by atoms with Crippen molar-refractivity contribution in [2.75, 3.05) is 14.2 Å². The van der Waals surface area contributed by atoms with Crippen molar-refractivity contribution in [2.24, 2.45) is 5.73 Å². The van der Waals surface area contributed by atoms with Crippen LogP contribution in [0.15, 0.2) is 90.2 Å². The van der Waals surface area contributed by atoms with Crippen molar-refractivity contribution in [1.29, 1.82) is 0 Å². The molecule has 0 aliphatic heterocycles. The summed E-state index contributed by atoms with van der Waals surface area (Å²) in [5.74, 6) is -0.643. The van der Waals surface area contributed by atoms with Crippen LogP contribution in [-0.4, -0.2) is 43.3 Å². The number of sulfonamides is 1. The van der Waals surface area contributed by atoms with Crippen molar-refractivity contribution in [2.45, 2.75) is 17.4 Å². The van der Waals surface area contributed by atoms with Crippen LogP contribution in [0.5, 0.6) is 11.5 Å². The topological polar surface area (TPSA) is 138 Å². The molecule has 41 heavy (non-hydrogen) atoms. The average Bonchev–Trinajstić information content (AvgIpc) is 3.41. The van der Waals surface area contributed by atoms with Crippen LogP contribution in [0, 0.1) is 0 Å². The highest BCUT2D eigenvalue weighted by Gasteiger charge is 2.27. The van der Waals surface area contributed by atoms with Gasteiger partial charge in [-0.2, -0.15) is 5.10 Å². The molecule has 0 aliphatic carbocycles. The molecule has 1 amide bonds. The molecule has 2 aromatic heterocycles. The minimum Gasteiger partial charge on any atom is -0.497 e. The maximum absolute atomic E-state index is 13.9. The number of nitrogens with zero attached hydrogens (tertiary/aromatic N) is 3. The fourth-order valence-corrected chi connectivity index (χ4v) is 6.03. The Kier molecular flexibility index (Phi) is 7.93. The molecule has 5 aromatic rings. The van der Waals surface area contributed by atoms with Crippen LogP contribution < -0.4 is 19.9 Å². The molecule has 210 valence electrons. The maximum atomic E-state index is 13.9. The normalized spacial score (nSPS) is 12.3. The molecule has 3 aromatic carbocycles. The Hall–Kier alpha value is -4.45. The molecular weight excluding hydrogens is 566 g/mol. The Morgan fingerprint density at radius 1 is 1.07 bits per heavy atom. The third kappa shape index (κ3) is 5.73. The number of hydrogen-bond acceptors (Lipinski definition) is 7. The van der Waals surface area contributed by atoms with Crippen molar-refractivity contribution in [1.82, 2.24) is 19.5 Å². The fraction of sp³-hybridized carbons (Fsp3) is 0.138. The number of amides is 1. The van der Waals surface area contributed by atoms with E-state index < -0.39 is 21.8 Å². The monoisotopic (exact) mass is 591 g/mol. The third-order valence-corrected chi connectivity index (χ3v) is 8.39. The van der Waals surface area contributed by atoms with E-state index >= 15 is 0 Å². The smallest absolute Gasteiger partial charge is 0.243 e. The molecule has 1 atom stereocenters. The molecule has 12 heteroatoms. The van der Waals surface area contributed by atoms with E-state index in [1.54, 1.807) is 79.3 Å². The zero-order valence-electron chi connectivity index (χ0n) is 22.1. The molecule has 2 heterocycles. The summed E-state index contributed by atoms with van der Waals surface area (Å²) in [7, 11) is -1.17. The van der Waals surface area contributed by atoms with Crippen molar-refractivity contribution >= 4 is 38.4 Å². The van der Waals surface area contributed by atoms with Gasteiger partial charge >= 0.3 is 0 Å². The zero-order chi connectivity index (χ0) is 29.1. The second kappa shape index (κ2) is 11.6. The minimum atomic E-state index is -4.19. The number of carbonyl (C=O) groups is 1. The highest BCUT2D eigenvalue weighted by molar-refractivity contribution is 7.89. The lowest BCUT2D eigenvalue weighted by Gasteiger charge is -2.19. The van der Waals surface area contributed by atoms with Gasteiger partial charge in [0.25, 0.3) is 0 Å². The SMILES string of the molecule is COc1ccc(CNS(=O)(=O)c2cc(C(C(N)=O)c3ccccc3Cl)ccc2-n2cc3ccncc3n2)c(OC)c1. The quantitative estimate of drug-likeness (QED) is 0.248. The van der Waals surface area contributed by atoms with Crippen LogP contribution in [0.3, 0.4) is 0 Å². The summed E-state index contributed by atoms with van der Waals surface area (Å²) in [4.78, 5) is 16.6. The number of nitrogens with two attached hydrogens (primary N) is 1. The molecule has 3 N–H and O–H groups in total. The highest BCUT2D eigenvalue weighted by atomic mass is 35.5. The van der Waals surface area contributed by atoms with Gasteiger partial charge in [0.15, 0.2) is 0 Å². The van der Waals surface area contributed by atoms with Gasteiger partial charge in [-0.3, -0.25) is 9.78 Å². The van der Waals surface area contributed by atoms with Gasteiger partial charge in [-0.05, 0) is 41.5 Å². The Morgan fingerprint density at radius 3 is 2.59 bits per heavy atom. The molecule has 1 unspecified atom stereocenters. The van der Waals surface area contributed by atoms with Gasteiger partial charge < -0.3 is 15.2 Å². The van der Waals surface area contributed by atoms with Crippen molar-refractivity contribution < 1.29 is 22.7 Å². The number of fused-ring (bicyclic) bond motifs is 1. The van der Waals surface area contributed by atoms with Crippen LogP contribution >= 0.6 is 11.6 Å². The van der Waals surface area contributed by atoms with Crippen molar-refractivity contribution in [3.05, 3.63) is 107 Å². The molecule has 0 saturated carbocycles. The van der Waals surface area contributed by atoms with E-state index in [4.69, 9.17) is 26.8 Å². The van der Waals surface area contributed by atoms with Gasteiger partial charge in [0, 0.05) is 41.0 Å². The van der Waals surface area contributed by atoms with E-state index in [1.807, 2.05) is 0 Å². The molecule has 0 fully saturated rings. The van der Waals surface area contributed by atoms with Gasteiger partial charge in [-0.15, -0.1) is 0 Å². The lowest BCUT2D eigenvalue weighted by Crippen LogP contribution is -2.26. The first-order valence-electron chi connectivity index (χ1n) is 12.4. The maximum Gasteiger partial charge on any atom is 0.243 e. The standard InChI is InChI=1S/C29H26ClN5O5S/c1-39-21-9-7-19(26(14-21)40-2)15-33-41(37,38)27-13-18(28(29(31)36)22-5-3-4-6-23(22)30)8-10-25(27)35-17-20-11-12-32-16-24(20)34-35/h3-14,16-17,28,33H,15H2,1-2H3,(H2,31,36). The summed E-state index contributed by atoms with van der Waals surface area (Å²) in [5, 5.41) is 5.63. The number of ether oxygens (including phenoxy) is 2. The van der Waals surface area contributed by atoms with Gasteiger partial charge in [0.2, 0.25) is 15.9 Å². The number of carbonyl (C=O) groups excluding carboxylic acids is 1. The number of pyridine rings is 1. The van der Waals surface area contributed by atoms with Gasteiger partial charge in [0.1, 0.15) is 21.9 Å². The first-order valence-corrected chi connectivity index (χ1v) is 14.3. The Balaban J connectivity index is 1.62. The van der Waals surface area contributed by atoms with Gasteiger partial charge in [-0.1, -0.05) is 41.9 Å². The predicted molar refractivity (Wildman–Crippen MR) is 155 cm³/mol. The van der Waals surface area contributed by atoms with Gasteiger partial charge in [0.05, 0.1) is 32.0 Å². The summed E-state index contributed by atoms with van der Waals surface area (Å²) in [5.41, 5.74) is 8.07. The Labute approximate surface area is 241 Å². The summed E-state index contributed by atoms with van der Waals surface area (Å²) in [6.45, 7) is -0.0755. The minimum absolute atomic E-state index is 0.0755. The van der Waals surface area contributed by atoms with Crippen LogP contribution in [0.4, 0.5) is 0 Å². The molecule has 0 spiro atoms. The van der Waals surface area contributed by atoms with Crippen LogP contribution in [0.1, 0.15) is 22.6 Å². The lowest BCUT2D eigenvalue weighted by molar-refractivity contribution is -0.118. The second-order valence-corrected chi connectivity index (χ2v) is 11.2. The van der Waals surface area contributed by atoms with Gasteiger partial charge in [-0.25, -0.2) is 17.8 Å². The molecule has 10 nitrogen and oxygen atoms in total. The second-order valence-electron chi connectivity index (χ2n) is 9.09. The summed E-state index contributed by atoms with van der Waals surface area (Å²) in [6.07, 6.45) is 4.92. The number of halogens is 1. The van der Waals surface area contributed by atoms with E-state index in [9.17, 15) is 13.2 Å². The zero-order valence-corrected chi connectivity index (χ0v) is 23.7. The number of primary amides is 1. The highest BCUT2D eigenvalue weighted by Crippen LogP contribution is 2.34. The first kappa shape index (κ1) is 28.1. The fourth-order valence-electron chi connectivity index (χ4n) is 4.56. The summed E-state index contributed by atoms with van der Waals surface area (Å²) in [6, 6.07) is 18.3. The van der Waals surface area contributed by atoms with Crippen LogP contribution in [-0.2, 0) is 21.4 Å². The molecule has 0 radical (unpaired) electrons. The van der Waals surface area contributed by atoms with Crippen molar-refractivity contribution in [3.8, 4) is 17.2 Å². The summed E-state index contributed by atoms with van der Waals surface area (Å²) >= 11 is 6.40. The van der Waals surface area contributed by atoms with E-state index in [0.717, 1.165) is 5.39 Å². The van der Waals surface area contributed by atoms with Crippen molar-refractivity contribution in [3.63, 3.8) is 0 Å². The number of benzene rings is 3. The average molecular weight is 592 g/mol. The van der Waals surface area contributed by atoms with E-state index in [2.05, 4.69) is 14.8 Å². The lowest BCUT2D eigenvalue weighted by atomic mass is 9.90. The van der Waals surface area contributed by atoms with Crippen LogP contribution in [0.2, 0.25) is 5.02 Å². The molecule has 0 saturated heterocycles. The number of nitrogens with one attached hydrogen (secondary N) is 1. The molecule has 0 aliphatic rings. The van der Waals surface area contributed by atoms with E-state index in [-0.39, 0.29) is 17.1 Å². The van der Waals surface area contributed by atoms with E-state index in [1.165, 1.54) is 25.0 Å². The summed E-state index contributed by atoms with van der Waals surface area (Å²) < 4.78 is 42.6.